The molecule has 9 heteroatoms. The smallest absolute Gasteiger partial charge is 0.311 e. The van der Waals surface area contributed by atoms with Gasteiger partial charge in [-0.15, -0.1) is 0 Å². The van der Waals surface area contributed by atoms with E-state index in [1.807, 2.05) is 0 Å². The Bertz CT molecular complexity index is 582. The van der Waals surface area contributed by atoms with Crippen LogP contribution in [0.2, 0.25) is 0 Å². The zero-order valence-electron chi connectivity index (χ0n) is 10.3. The second-order valence-electron chi connectivity index (χ2n) is 4.67. The molecule has 2 aliphatic heterocycles. The molecule has 0 amide bonds. The fourth-order valence-corrected chi connectivity index (χ4v) is 2.43. The zero-order chi connectivity index (χ0) is 14.4. The summed E-state index contributed by atoms with van der Waals surface area (Å²) in [5, 5.41) is 28.7. The van der Waals surface area contributed by atoms with Crippen molar-refractivity contribution in [2.75, 3.05) is 12.3 Å². The number of aliphatic hydroxyl groups excluding tert-OH is 3. The predicted octanol–water partition coefficient (Wildman–Crippen LogP) is -2.02. The first kappa shape index (κ1) is 13.3. The molecule has 0 radical (unpaired) electrons. The molecule has 0 aliphatic carbocycles. The highest BCUT2D eigenvalue weighted by atomic mass is 19.1. The number of fused-ring (bicyclic) bond motifs is 1. The Morgan fingerprint density at radius 3 is 2.70 bits per heavy atom. The monoisotopic (exact) mass is 284 g/mol. The van der Waals surface area contributed by atoms with Crippen molar-refractivity contribution in [3.05, 3.63) is 17.3 Å². The highest BCUT2D eigenvalue weighted by Gasteiger charge is 2.46. The Kier molecular flexibility index (Phi) is 3.13. The number of aliphatic imine (C=N–C) groups is 1. The van der Waals surface area contributed by atoms with Gasteiger partial charge in [0, 0.05) is 5.56 Å². The van der Waals surface area contributed by atoms with Crippen molar-refractivity contribution in [2.45, 2.75) is 31.0 Å². The van der Waals surface area contributed by atoms with Crippen LogP contribution in [0.3, 0.4) is 0 Å². The Morgan fingerprint density at radius 1 is 1.30 bits per heavy atom. The minimum absolute atomic E-state index is 0.0157. The minimum Gasteiger partial charge on any atom is -0.394 e. The van der Waals surface area contributed by atoms with Gasteiger partial charge in [-0.2, -0.15) is 9.37 Å². The highest BCUT2D eigenvalue weighted by Crippen LogP contribution is 2.30. The van der Waals surface area contributed by atoms with E-state index in [1.54, 1.807) is 0 Å². The van der Waals surface area contributed by atoms with Gasteiger partial charge in [-0.05, 0) is 0 Å². The van der Waals surface area contributed by atoms with Crippen molar-refractivity contribution >= 4 is 11.5 Å². The van der Waals surface area contributed by atoms with Crippen LogP contribution in [0.1, 0.15) is 11.3 Å². The molecule has 0 unspecified atom stereocenters. The third kappa shape index (κ3) is 1.86. The third-order valence-corrected chi connectivity index (χ3v) is 3.47. The largest absolute Gasteiger partial charge is 0.394 e. The van der Waals surface area contributed by atoms with Gasteiger partial charge in [0.05, 0.1) is 18.9 Å². The summed E-state index contributed by atoms with van der Waals surface area (Å²) in [6.07, 6.45) is -5.44. The van der Waals surface area contributed by atoms with Crippen LogP contribution in [0.5, 0.6) is 0 Å². The molecule has 3 rings (SSSR count). The normalized spacial score (nSPS) is 32.3. The number of halogens is 1. The van der Waals surface area contributed by atoms with Gasteiger partial charge in [0.15, 0.2) is 0 Å². The Balaban J connectivity index is 1.96. The van der Waals surface area contributed by atoms with Crippen LogP contribution >= 0.6 is 0 Å². The summed E-state index contributed by atoms with van der Waals surface area (Å²) in [6.45, 7) is -0.293. The Hall–Kier alpha value is -1.68. The lowest BCUT2D eigenvalue weighted by atomic mass is 10.0. The number of hydrogen-bond donors (Lipinski definition) is 4. The molecule has 0 bridgehead atoms. The third-order valence-electron chi connectivity index (χ3n) is 3.47. The molecule has 4 atom stereocenters. The maximum absolute atomic E-state index is 13.2. The molecule has 5 N–H and O–H groups in total. The van der Waals surface area contributed by atoms with Crippen LogP contribution in [0.4, 0.5) is 10.2 Å². The Morgan fingerprint density at radius 2 is 2.05 bits per heavy atom. The van der Waals surface area contributed by atoms with Crippen molar-refractivity contribution < 1.29 is 24.4 Å². The highest BCUT2D eigenvalue weighted by molar-refractivity contribution is 6.06. The first-order valence-corrected chi connectivity index (χ1v) is 6.02. The second kappa shape index (κ2) is 4.70. The van der Waals surface area contributed by atoms with Crippen LogP contribution in [-0.4, -0.2) is 62.0 Å². The van der Waals surface area contributed by atoms with E-state index < -0.39 is 37.1 Å². The van der Waals surface area contributed by atoms with Gasteiger partial charge in [0.25, 0.3) is 0 Å². The maximum atomic E-state index is 13.2. The van der Waals surface area contributed by atoms with Crippen LogP contribution < -0.4 is 5.73 Å². The van der Waals surface area contributed by atoms with Gasteiger partial charge in [-0.25, -0.2) is 4.98 Å². The zero-order valence-corrected chi connectivity index (χ0v) is 10.3. The van der Waals surface area contributed by atoms with Gasteiger partial charge >= 0.3 is 6.08 Å². The second-order valence-corrected chi connectivity index (χ2v) is 4.67. The first-order chi connectivity index (χ1) is 9.52. The van der Waals surface area contributed by atoms with E-state index in [2.05, 4.69) is 15.0 Å². The molecule has 1 fully saturated rings. The standard InChI is InChI=1S/C11H13FN4O4/c12-11-15-5-3(10(13)16-11)1-14-6(5)9-8(19)7(18)4(2-17)20-9/h4,7-9,17-19H,1-2H2,(H2,13,15,16)/t4-,7-,8-,9+/m1/s1. The molecule has 3 heterocycles. The molecular weight excluding hydrogens is 271 g/mol. The molecule has 0 aromatic carbocycles. The van der Waals surface area contributed by atoms with E-state index in [0.29, 0.717) is 5.56 Å². The van der Waals surface area contributed by atoms with Gasteiger partial charge in [0.2, 0.25) is 0 Å². The number of ether oxygens (including phenoxy) is 1. The average molecular weight is 284 g/mol. The van der Waals surface area contributed by atoms with Gasteiger partial charge in [0.1, 0.15) is 35.9 Å². The molecule has 8 nitrogen and oxygen atoms in total. The Labute approximate surface area is 112 Å². The number of aromatic nitrogens is 2. The summed E-state index contributed by atoms with van der Waals surface area (Å²) < 4.78 is 18.6. The summed E-state index contributed by atoms with van der Waals surface area (Å²) in [7, 11) is 0. The van der Waals surface area contributed by atoms with E-state index >= 15 is 0 Å². The summed E-state index contributed by atoms with van der Waals surface area (Å²) in [6, 6.07) is 0. The fraction of sp³-hybridized carbons (Fsp3) is 0.545. The molecule has 108 valence electrons. The summed E-state index contributed by atoms with van der Waals surface area (Å²) in [5.74, 6) is -0.0157. The lowest BCUT2D eigenvalue weighted by Gasteiger charge is -2.15. The molecule has 1 saturated heterocycles. The van der Waals surface area contributed by atoms with Crippen molar-refractivity contribution in [3.63, 3.8) is 0 Å². The van der Waals surface area contributed by atoms with Crippen molar-refractivity contribution in [2.24, 2.45) is 4.99 Å². The number of hydrogen-bond acceptors (Lipinski definition) is 8. The van der Waals surface area contributed by atoms with E-state index in [-0.39, 0.29) is 23.8 Å². The molecule has 1 aromatic rings. The molecule has 0 spiro atoms. The van der Waals surface area contributed by atoms with Gasteiger partial charge in [-0.3, -0.25) is 4.99 Å². The van der Waals surface area contributed by atoms with Gasteiger partial charge < -0.3 is 25.8 Å². The lowest BCUT2D eigenvalue weighted by molar-refractivity contribution is -0.00995. The minimum atomic E-state index is -1.28. The average Bonchev–Trinajstić information content (AvgIpc) is 2.93. The van der Waals surface area contributed by atoms with Crippen molar-refractivity contribution in [1.82, 2.24) is 9.97 Å². The quantitative estimate of drug-likeness (QED) is 0.461. The SMILES string of the molecule is Nc1nc(F)nc2c1CN=C2[C@@H]1O[C@H](CO)[C@@H](O)[C@H]1O. The van der Waals surface area contributed by atoms with Crippen LogP contribution in [0, 0.1) is 6.08 Å². The first-order valence-electron chi connectivity index (χ1n) is 6.02. The summed E-state index contributed by atoms with van der Waals surface area (Å²) in [4.78, 5) is 11.2. The number of aliphatic hydroxyl groups is 3. The number of anilines is 1. The van der Waals surface area contributed by atoms with E-state index in [0.717, 1.165) is 0 Å². The number of nitrogens with two attached hydrogens (primary N) is 1. The van der Waals surface area contributed by atoms with Crippen molar-refractivity contribution in [3.8, 4) is 0 Å². The lowest BCUT2D eigenvalue weighted by Crippen LogP contribution is -2.37. The molecule has 1 aromatic heterocycles. The van der Waals surface area contributed by atoms with E-state index in [4.69, 9.17) is 15.6 Å². The summed E-state index contributed by atoms with van der Waals surface area (Å²) >= 11 is 0. The number of rotatable bonds is 2. The fourth-order valence-electron chi connectivity index (χ4n) is 2.43. The van der Waals surface area contributed by atoms with Crippen molar-refractivity contribution in [1.29, 1.82) is 0 Å². The number of nitrogen functional groups attached to an aromatic ring is 1. The summed E-state index contributed by atoms with van der Waals surface area (Å²) in [5.41, 5.74) is 6.42. The maximum Gasteiger partial charge on any atom is 0.311 e. The number of nitrogens with zero attached hydrogens (tertiary/aromatic N) is 3. The van der Waals surface area contributed by atoms with Crippen LogP contribution in [0.25, 0.3) is 0 Å². The van der Waals surface area contributed by atoms with Crippen LogP contribution in [-0.2, 0) is 11.3 Å². The van der Waals surface area contributed by atoms with E-state index in [9.17, 15) is 14.6 Å². The van der Waals surface area contributed by atoms with E-state index in [1.165, 1.54) is 0 Å². The molecular formula is C11H13FN4O4. The molecule has 20 heavy (non-hydrogen) atoms. The topological polar surface area (TPSA) is 134 Å². The predicted molar refractivity (Wildman–Crippen MR) is 64.4 cm³/mol. The molecule has 0 saturated carbocycles. The molecule has 2 aliphatic rings. The van der Waals surface area contributed by atoms with Crippen LogP contribution in [0.15, 0.2) is 4.99 Å². The van der Waals surface area contributed by atoms with Gasteiger partial charge in [-0.1, -0.05) is 0 Å².